The molecule has 0 bridgehead atoms. The second-order valence-electron chi connectivity index (χ2n) is 10.5. The molecule has 1 aromatic carbocycles. The van der Waals surface area contributed by atoms with Crippen LogP contribution in [0.3, 0.4) is 0 Å². The summed E-state index contributed by atoms with van der Waals surface area (Å²) >= 11 is 0. The van der Waals surface area contributed by atoms with Gasteiger partial charge in [0.05, 0.1) is 30.6 Å². The minimum Gasteiger partial charge on any atom is -0.481 e. The molecule has 7 nitrogen and oxygen atoms in total. The van der Waals surface area contributed by atoms with Crippen molar-refractivity contribution in [1.82, 2.24) is 14.5 Å². The van der Waals surface area contributed by atoms with Crippen LogP contribution in [0.15, 0.2) is 12.1 Å². The third kappa shape index (κ3) is 4.53. The van der Waals surface area contributed by atoms with E-state index < -0.39 is 5.97 Å². The lowest BCUT2D eigenvalue weighted by Gasteiger charge is -2.28. The maximum atomic E-state index is 12.2. The summed E-state index contributed by atoms with van der Waals surface area (Å²) in [6.45, 7) is 2.11. The van der Waals surface area contributed by atoms with E-state index in [1.54, 1.807) is 4.90 Å². The van der Waals surface area contributed by atoms with Crippen molar-refractivity contribution in [2.24, 2.45) is 11.8 Å². The molecule has 34 heavy (non-hydrogen) atoms. The van der Waals surface area contributed by atoms with Crippen LogP contribution in [-0.4, -0.2) is 45.3 Å². The summed E-state index contributed by atoms with van der Waals surface area (Å²) in [5.41, 5.74) is 4.65. The molecule has 0 radical (unpaired) electrons. The van der Waals surface area contributed by atoms with Crippen LogP contribution >= 0.6 is 0 Å². The van der Waals surface area contributed by atoms with E-state index in [1.807, 2.05) is 0 Å². The van der Waals surface area contributed by atoms with Gasteiger partial charge in [0.25, 0.3) is 0 Å². The quantitative estimate of drug-likeness (QED) is 0.629. The molecule has 1 aliphatic heterocycles. The Labute approximate surface area is 201 Å². The van der Waals surface area contributed by atoms with Crippen LogP contribution in [0.1, 0.15) is 87.1 Å². The molecule has 0 spiro atoms. The highest BCUT2D eigenvalue weighted by Gasteiger charge is 2.30. The number of aromatic nitrogens is 2. The van der Waals surface area contributed by atoms with Crippen LogP contribution in [0.25, 0.3) is 11.0 Å². The first-order valence-electron chi connectivity index (χ1n) is 13.1. The number of hydrogen-bond donors (Lipinski definition) is 1. The number of aliphatic carboxylic acids is 1. The van der Waals surface area contributed by atoms with Gasteiger partial charge in [-0.25, -0.2) is 9.78 Å². The Bertz CT molecular complexity index is 1060. The predicted octanol–water partition coefficient (Wildman–Crippen LogP) is 5.49. The number of aryl methyl sites for hydroxylation is 1. The van der Waals surface area contributed by atoms with Gasteiger partial charge in [-0.3, -0.25) is 4.79 Å². The van der Waals surface area contributed by atoms with Gasteiger partial charge in [0.2, 0.25) is 0 Å². The van der Waals surface area contributed by atoms with E-state index in [0.717, 1.165) is 61.7 Å². The van der Waals surface area contributed by atoms with Crippen molar-refractivity contribution in [2.75, 3.05) is 13.7 Å². The lowest BCUT2D eigenvalue weighted by Crippen LogP contribution is -2.35. The molecule has 1 aromatic heterocycles. The van der Waals surface area contributed by atoms with E-state index in [9.17, 15) is 14.7 Å². The molecule has 0 saturated heterocycles. The number of rotatable bonds is 5. The van der Waals surface area contributed by atoms with Gasteiger partial charge in [-0.1, -0.05) is 38.2 Å². The minimum absolute atomic E-state index is 0.188. The number of fused-ring (bicyclic) bond motifs is 3. The van der Waals surface area contributed by atoms with E-state index in [2.05, 4.69) is 16.7 Å². The Morgan fingerprint density at radius 3 is 2.71 bits per heavy atom. The van der Waals surface area contributed by atoms with Crippen molar-refractivity contribution in [3.8, 4) is 0 Å². The van der Waals surface area contributed by atoms with Crippen molar-refractivity contribution >= 4 is 23.1 Å². The Morgan fingerprint density at radius 2 is 1.94 bits per heavy atom. The second-order valence-corrected chi connectivity index (χ2v) is 10.5. The Kier molecular flexibility index (Phi) is 6.79. The number of hydrogen-bond acceptors (Lipinski definition) is 4. The molecule has 2 aliphatic carbocycles. The summed E-state index contributed by atoms with van der Waals surface area (Å²) in [5, 5.41) is 9.50. The second kappa shape index (κ2) is 9.96. The van der Waals surface area contributed by atoms with Gasteiger partial charge in [0.1, 0.15) is 5.82 Å². The summed E-state index contributed by atoms with van der Waals surface area (Å²) in [6, 6.07) is 4.44. The summed E-state index contributed by atoms with van der Waals surface area (Å²) in [6.07, 6.45) is 11.5. The molecule has 2 heterocycles. The van der Waals surface area contributed by atoms with Crippen LogP contribution in [0.4, 0.5) is 4.79 Å². The number of imidazole rings is 1. The molecule has 1 amide bonds. The molecule has 184 valence electrons. The van der Waals surface area contributed by atoms with Gasteiger partial charge in [0, 0.05) is 24.6 Å². The normalized spacial score (nSPS) is 23.6. The molecule has 3 aliphatic rings. The Morgan fingerprint density at radius 1 is 1.12 bits per heavy atom. The maximum absolute atomic E-state index is 12.2. The standard InChI is InChI=1S/C27H37N3O4/c1-34-27(33)29-14-13-19-10-11-23-24(22(19)17-29)28-25(20-7-3-2-4-8-20)30(23)15-12-18-6-5-9-21(16-18)26(31)32/h10-11,18,20-21H,2-9,12-17H2,1H3,(H,31,32)/t18-,21-/m1/s1. The SMILES string of the molecule is COC(=O)N1CCc2ccc3c(nc(C4CCCCC4)n3CC[C@H]3CCC[C@@H](C(=O)O)C3)c2C1. The molecule has 2 fully saturated rings. The summed E-state index contributed by atoms with van der Waals surface area (Å²) in [4.78, 5) is 30.8. The summed E-state index contributed by atoms with van der Waals surface area (Å²) in [5.74, 6) is 1.31. The van der Waals surface area contributed by atoms with E-state index in [4.69, 9.17) is 9.72 Å². The fourth-order valence-corrected chi connectivity index (χ4v) is 6.52. The van der Waals surface area contributed by atoms with Gasteiger partial charge in [-0.05, 0) is 56.1 Å². The van der Waals surface area contributed by atoms with Crippen molar-refractivity contribution in [3.63, 3.8) is 0 Å². The first kappa shape index (κ1) is 23.2. The number of amides is 1. The molecule has 0 unspecified atom stereocenters. The highest BCUT2D eigenvalue weighted by atomic mass is 16.5. The molecule has 2 saturated carbocycles. The summed E-state index contributed by atoms with van der Waals surface area (Å²) < 4.78 is 7.43. The van der Waals surface area contributed by atoms with Gasteiger partial charge in [-0.2, -0.15) is 0 Å². The Hall–Kier alpha value is -2.57. The van der Waals surface area contributed by atoms with Gasteiger partial charge in [-0.15, -0.1) is 0 Å². The van der Waals surface area contributed by atoms with Crippen molar-refractivity contribution in [2.45, 2.75) is 89.6 Å². The highest BCUT2D eigenvalue weighted by Crippen LogP contribution is 2.38. The number of carbonyl (C=O) groups is 2. The number of ether oxygens (including phenoxy) is 1. The molecular weight excluding hydrogens is 430 g/mol. The molecule has 7 heteroatoms. The summed E-state index contributed by atoms with van der Waals surface area (Å²) in [7, 11) is 1.44. The van der Waals surface area contributed by atoms with E-state index in [1.165, 1.54) is 50.6 Å². The van der Waals surface area contributed by atoms with Crippen LogP contribution in [-0.2, 0) is 29.0 Å². The molecular formula is C27H37N3O4. The zero-order valence-electron chi connectivity index (χ0n) is 20.3. The number of benzene rings is 1. The molecule has 2 aromatic rings. The first-order chi connectivity index (χ1) is 16.5. The highest BCUT2D eigenvalue weighted by molar-refractivity contribution is 5.82. The first-order valence-corrected chi connectivity index (χ1v) is 13.1. The van der Waals surface area contributed by atoms with E-state index >= 15 is 0 Å². The lowest BCUT2D eigenvalue weighted by molar-refractivity contribution is -0.143. The van der Waals surface area contributed by atoms with Crippen molar-refractivity contribution in [3.05, 3.63) is 29.1 Å². The van der Waals surface area contributed by atoms with Crippen molar-refractivity contribution in [1.29, 1.82) is 0 Å². The van der Waals surface area contributed by atoms with Crippen LogP contribution in [0.2, 0.25) is 0 Å². The molecule has 1 N–H and O–H groups in total. The number of carboxylic acids is 1. The van der Waals surface area contributed by atoms with E-state index in [0.29, 0.717) is 24.9 Å². The van der Waals surface area contributed by atoms with Crippen LogP contribution < -0.4 is 0 Å². The number of carbonyl (C=O) groups excluding carboxylic acids is 1. The van der Waals surface area contributed by atoms with Crippen LogP contribution in [0, 0.1) is 11.8 Å². The smallest absolute Gasteiger partial charge is 0.409 e. The average Bonchev–Trinajstić information content (AvgIpc) is 3.26. The third-order valence-electron chi connectivity index (χ3n) is 8.45. The average molecular weight is 468 g/mol. The zero-order chi connectivity index (χ0) is 23.7. The van der Waals surface area contributed by atoms with E-state index in [-0.39, 0.29) is 12.0 Å². The van der Waals surface area contributed by atoms with Gasteiger partial charge < -0.3 is 19.3 Å². The molecule has 5 rings (SSSR count). The lowest BCUT2D eigenvalue weighted by atomic mass is 9.80. The number of nitrogens with zero attached hydrogens (tertiary/aromatic N) is 3. The zero-order valence-corrected chi connectivity index (χ0v) is 20.3. The number of methoxy groups -OCH3 is 1. The monoisotopic (exact) mass is 467 g/mol. The Balaban J connectivity index is 1.47. The fourth-order valence-electron chi connectivity index (χ4n) is 6.52. The van der Waals surface area contributed by atoms with Crippen molar-refractivity contribution < 1.29 is 19.4 Å². The van der Waals surface area contributed by atoms with Crippen LogP contribution in [0.5, 0.6) is 0 Å². The van der Waals surface area contributed by atoms with Gasteiger partial charge in [0.15, 0.2) is 0 Å². The maximum Gasteiger partial charge on any atom is 0.409 e. The number of carboxylic acid groups (broad SMARTS) is 1. The fraction of sp³-hybridized carbons (Fsp3) is 0.667. The van der Waals surface area contributed by atoms with Gasteiger partial charge >= 0.3 is 12.1 Å². The topological polar surface area (TPSA) is 84.7 Å². The third-order valence-corrected chi connectivity index (χ3v) is 8.45. The largest absolute Gasteiger partial charge is 0.481 e. The predicted molar refractivity (Wildman–Crippen MR) is 130 cm³/mol. The minimum atomic E-state index is -0.637. The molecule has 2 atom stereocenters.